The molecule has 0 aliphatic rings. The van der Waals surface area contributed by atoms with Crippen LogP contribution in [0.3, 0.4) is 0 Å². The minimum Gasteiger partial charge on any atom is -0.337 e. The average molecular weight is 268 g/mol. The standard InChI is InChI=1S/C17H20N2O/c1-13-8-10-16(11-9-13)19-17(20)18-12-14(2)15-6-4-3-5-7-15/h3-11,14H,12H2,1-2H3,(H2,18,19,20). The normalized spacial score (nSPS) is 11.7. The van der Waals surface area contributed by atoms with E-state index in [1.807, 2.05) is 49.4 Å². The number of carbonyl (C=O) groups excluding carboxylic acids is 1. The van der Waals surface area contributed by atoms with Gasteiger partial charge in [-0.05, 0) is 30.5 Å². The first-order chi connectivity index (χ1) is 9.65. The Bertz CT molecular complexity index is 549. The van der Waals surface area contributed by atoms with Crippen LogP contribution >= 0.6 is 0 Å². The van der Waals surface area contributed by atoms with E-state index in [0.29, 0.717) is 12.5 Å². The third kappa shape index (κ3) is 4.12. The van der Waals surface area contributed by atoms with Crippen molar-refractivity contribution in [2.24, 2.45) is 0 Å². The van der Waals surface area contributed by atoms with Crippen LogP contribution in [-0.4, -0.2) is 12.6 Å². The van der Waals surface area contributed by atoms with Gasteiger partial charge in [-0.3, -0.25) is 0 Å². The Morgan fingerprint density at radius 1 is 1.05 bits per heavy atom. The molecule has 0 aliphatic heterocycles. The molecule has 2 N–H and O–H groups in total. The SMILES string of the molecule is Cc1ccc(NC(=O)NCC(C)c2ccccc2)cc1. The maximum atomic E-state index is 11.8. The van der Waals surface area contributed by atoms with E-state index in [1.54, 1.807) is 0 Å². The van der Waals surface area contributed by atoms with Crippen LogP contribution in [0.25, 0.3) is 0 Å². The van der Waals surface area contributed by atoms with Gasteiger partial charge in [0.25, 0.3) is 0 Å². The second-order valence-corrected chi connectivity index (χ2v) is 5.01. The lowest BCUT2D eigenvalue weighted by Crippen LogP contribution is -2.31. The second kappa shape index (κ2) is 6.75. The van der Waals surface area contributed by atoms with E-state index in [-0.39, 0.29) is 6.03 Å². The van der Waals surface area contributed by atoms with E-state index < -0.39 is 0 Å². The van der Waals surface area contributed by atoms with Crippen molar-refractivity contribution in [2.45, 2.75) is 19.8 Å². The minimum absolute atomic E-state index is 0.170. The molecule has 2 aromatic rings. The van der Waals surface area contributed by atoms with E-state index in [0.717, 1.165) is 5.69 Å². The van der Waals surface area contributed by atoms with Gasteiger partial charge in [0.1, 0.15) is 0 Å². The molecular weight excluding hydrogens is 248 g/mol. The predicted octanol–water partition coefficient (Wildman–Crippen LogP) is 3.92. The summed E-state index contributed by atoms with van der Waals surface area (Å²) in [4.78, 5) is 11.8. The molecule has 20 heavy (non-hydrogen) atoms. The smallest absolute Gasteiger partial charge is 0.319 e. The fourth-order valence-corrected chi connectivity index (χ4v) is 1.96. The summed E-state index contributed by atoms with van der Waals surface area (Å²) in [7, 11) is 0. The number of anilines is 1. The zero-order chi connectivity index (χ0) is 14.4. The molecule has 2 aromatic carbocycles. The van der Waals surface area contributed by atoms with E-state index in [9.17, 15) is 4.79 Å². The summed E-state index contributed by atoms with van der Waals surface area (Å²) in [6.45, 7) is 4.73. The van der Waals surface area contributed by atoms with Gasteiger partial charge < -0.3 is 10.6 Å². The van der Waals surface area contributed by atoms with Crippen molar-refractivity contribution in [3.8, 4) is 0 Å². The minimum atomic E-state index is -0.170. The van der Waals surface area contributed by atoms with Crippen molar-refractivity contribution in [1.82, 2.24) is 5.32 Å². The molecular formula is C17H20N2O. The van der Waals surface area contributed by atoms with Gasteiger partial charge in [0.2, 0.25) is 0 Å². The largest absolute Gasteiger partial charge is 0.337 e. The second-order valence-electron chi connectivity index (χ2n) is 5.01. The molecule has 1 unspecified atom stereocenters. The number of amides is 2. The van der Waals surface area contributed by atoms with Gasteiger partial charge in [0.05, 0.1) is 0 Å². The Labute approximate surface area is 120 Å². The Hall–Kier alpha value is -2.29. The number of hydrogen-bond donors (Lipinski definition) is 2. The van der Waals surface area contributed by atoms with Crippen molar-refractivity contribution in [2.75, 3.05) is 11.9 Å². The summed E-state index contributed by atoms with van der Waals surface area (Å²) in [5.74, 6) is 0.292. The van der Waals surface area contributed by atoms with E-state index >= 15 is 0 Å². The molecule has 0 radical (unpaired) electrons. The first kappa shape index (κ1) is 14.1. The van der Waals surface area contributed by atoms with Crippen LogP contribution in [0, 0.1) is 6.92 Å². The van der Waals surface area contributed by atoms with Crippen LogP contribution in [-0.2, 0) is 0 Å². The zero-order valence-electron chi connectivity index (χ0n) is 11.9. The van der Waals surface area contributed by atoms with Crippen molar-refractivity contribution < 1.29 is 4.79 Å². The molecule has 0 fully saturated rings. The highest BCUT2D eigenvalue weighted by molar-refractivity contribution is 5.89. The molecule has 3 nitrogen and oxygen atoms in total. The Morgan fingerprint density at radius 3 is 2.35 bits per heavy atom. The monoisotopic (exact) mass is 268 g/mol. The number of hydrogen-bond acceptors (Lipinski definition) is 1. The zero-order valence-corrected chi connectivity index (χ0v) is 11.9. The van der Waals surface area contributed by atoms with Crippen LogP contribution in [0.2, 0.25) is 0 Å². The van der Waals surface area contributed by atoms with Gasteiger partial charge in [0.15, 0.2) is 0 Å². The lowest BCUT2D eigenvalue weighted by atomic mass is 10.0. The first-order valence-electron chi connectivity index (χ1n) is 6.81. The Balaban J connectivity index is 1.82. The summed E-state index contributed by atoms with van der Waals surface area (Å²) in [5, 5.41) is 5.72. The molecule has 0 heterocycles. The van der Waals surface area contributed by atoms with Gasteiger partial charge in [-0.2, -0.15) is 0 Å². The highest BCUT2D eigenvalue weighted by Gasteiger charge is 2.07. The van der Waals surface area contributed by atoms with Gasteiger partial charge in [-0.25, -0.2) is 4.79 Å². The van der Waals surface area contributed by atoms with Crippen molar-refractivity contribution in [1.29, 1.82) is 0 Å². The fraction of sp³-hybridized carbons (Fsp3) is 0.235. The van der Waals surface area contributed by atoms with Gasteiger partial charge in [-0.15, -0.1) is 0 Å². The maximum Gasteiger partial charge on any atom is 0.319 e. The predicted molar refractivity (Wildman–Crippen MR) is 83.1 cm³/mol. The third-order valence-electron chi connectivity index (χ3n) is 3.25. The third-order valence-corrected chi connectivity index (χ3v) is 3.25. The molecule has 0 bridgehead atoms. The summed E-state index contributed by atoms with van der Waals surface area (Å²) >= 11 is 0. The first-order valence-corrected chi connectivity index (χ1v) is 6.81. The van der Waals surface area contributed by atoms with Crippen molar-refractivity contribution in [3.05, 3.63) is 65.7 Å². The summed E-state index contributed by atoms with van der Waals surface area (Å²) < 4.78 is 0. The molecule has 2 rings (SSSR count). The van der Waals surface area contributed by atoms with Crippen LogP contribution in [0.1, 0.15) is 24.0 Å². The fourth-order valence-electron chi connectivity index (χ4n) is 1.96. The molecule has 0 spiro atoms. The highest BCUT2D eigenvalue weighted by Crippen LogP contribution is 2.13. The summed E-state index contributed by atoms with van der Waals surface area (Å²) in [5.41, 5.74) is 3.21. The number of aryl methyl sites for hydroxylation is 1. The molecule has 0 saturated heterocycles. The molecule has 0 saturated carbocycles. The number of rotatable bonds is 4. The lowest BCUT2D eigenvalue weighted by molar-refractivity contribution is 0.251. The number of urea groups is 1. The quantitative estimate of drug-likeness (QED) is 0.867. The van der Waals surface area contributed by atoms with Crippen LogP contribution in [0.4, 0.5) is 10.5 Å². The van der Waals surface area contributed by atoms with E-state index in [4.69, 9.17) is 0 Å². The van der Waals surface area contributed by atoms with Gasteiger partial charge in [-0.1, -0.05) is 55.0 Å². The Morgan fingerprint density at radius 2 is 1.70 bits per heavy atom. The summed E-state index contributed by atoms with van der Waals surface area (Å²) in [6, 6.07) is 17.7. The number of carbonyl (C=O) groups is 1. The molecule has 104 valence electrons. The number of benzene rings is 2. The van der Waals surface area contributed by atoms with Crippen molar-refractivity contribution >= 4 is 11.7 Å². The van der Waals surface area contributed by atoms with Gasteiger partial charge in [0, 0.05) is 12.2 Å². The van der Waals surface area contributed by atoms with Crippen LogP contribution in [0.15, 0.2) is 54.6 Å². The van der Waals surface area contributed by atoms with Crippen LogP contribution in [0.5, 0.6) is 0 Å². The highest BCUT2D eigenvalue weighted by atomic mass is 16.2. The Kier molecular flexibility index (Phi) is 4.77. The molecule has 2 amide bonds. The lowest BCUT2D eigenvalue weighted by Gasteiger charge is -2.13. The topological polar surface area (TPSA) is 41.1 Å². The van der Waals surface area contributed by atoms with Crippen molar-refractivity contribution in [3.63, 3.8) is 0 Å². The molecule has 0 aliphatic carbocycles. The molecule has 0 aromatic heterocycles. The van der Waals surface area contributed by atoms with Gasteiger partial charge >= 0.3 is 6.03 Å². The molecule has 3 heteroatoms. The summed E-state index contributed by atoms with van der Waals surface area (Å²) in [6.07, 6.45) is 0. The number of nitrogens with one attached hydrogen (secondary N) is 2. The van der Waals surface area contributed by atoms with E-state index in [1.165, 1.54) is 11.1 Å². The molecule has 1 atom stereocenters. The van der Waals surface area contributed by atoms with Crippen LogP contribution < -0.4 is 10.6 Å². The maximum absolute atomic E-state index is 11.8. The average Bonchev–Trinajstić information content (AvgIpc) is 2.48. The van der Waals surface area contributed by atoms with E-state index in [2.05, 4.69) is 29.7 Å².